The molecule has 0 saturated heterocycles. The molecule has 0 radical (unpaired) electrons. The molecule has 0 heterocycles. The molecule has 0 aliphatic carbocycles. The topological polar surface area (TPSA) is 108 Å². The summed E-state index contributed by atoms with van der Waals surface area (Å²) in [6, 6.07) is 0. The molecule has 57 heavy (non-hydrogen) atoms. The van der Waals surface area contributed by atoms with Gasteiger partial charge in [-0.3, -0.25) is 18.6 Å². The van der Waals surface area contributed by atoms with E-state index in [1.165, 1.54) is 116 Å². The average Bonchev–Trinajstić information content (AvgIpc) is 3.20. The van der Waals surface area contributed by atoms with Crippen molar-refractivity contribution in [3.63, 3.8) is 0 Å². The zero-order valence-electron chi connectivity index (χ0n) is 36.5. The smallest absolute Gasteiger partial charge is 0.462 e. The monoisotopic (exact) mass is 819 g/mol. The molecule has 2 unspecified atom stereocenters. The van der Waals surface area contributed by atoms with Gasteiger partial charge in [-0.1, -0.05) is 189 Å². The van der Waals surface area contributed by atoms with Crippen molar-refractivity contribution in [3.8, 4) is 0 Å². The third kappa shape index (κ3) is 42.9. The normalized spacial score (nSPS) is 14.0. The van der Waals surface area contributed by atoms with Gasteiger partial charge in [0.05, 0.1) is 13.0 Å². The first kappa shape index (κ1) is 54.5. The highest BCUT2D eigenvalue weighted by Crippen LogP contribution is 2.42. The Labute approximate surface area is 349 Å². The second-order valence-corrected chi connectivity index (χ2v) is 16.4. The second-order valence-electron chi connectivity index (χ2n) is 14.8. The number of hydrogen-bond acceptors (Lipinski definition) is 7. The van der Waals surface area contributed by atoms with Crippen LogP contribution in [0.4, 0.5) is 0 Å². The average molecular weight is 819 g/mol. The molecule has 2 atom stereocenters. The van der Waals surface area contributed by atoms with Crippen molar-refractivity contribution in [3.05, 3.63) is 72.9 Å². The van der Waals surface area contributed by atoms with Gasteiger partial charge in [0.1, 0.15) is 6.61 Å². The molecule has 0 rings (SSSR count). The third-order valence-electron chi connectivity index (χ3n) is 9.47. The summed E-state index contributed by atoms with van der Waals surface area (Å²) in [4.78, 5) is 34.4. The van der Waals surface area contributed by atoms with Gasteiger partial charge in [-0.2, -0.15) is 0 Å². The van der Waals surface area contributed by atoms with Gasteiger partial charge in [-0.05, 0) is 64.2 Å². The second kappa shape index (κ2) is 43.1. The number of phosphoric ester groups is 1. The largest absolute Gasteiger partial charge is 0.472 e. The van der Waals surface area contributed by atoms with Crippen molar-refractivity contribution >= 4 is 19.8 Å². The Balaban J connectivity index is 4.01. The summed E-state index contributed by atoms with van der Waals surface area (Å²) in [7, 11) is -3.25. The number of hydrogen-bond donors (Lipinski definition) is 1. The first-order valence-corrected chi connectivity index (χ1v) is 24.1. The Kier molecular flexibility index (Phi) is 41.2. The van der Waals surface area contributed by atoms with E-state index in [0.717, 1.165) is 52.1 Å². The predicted molar refractivity (Wildman–Crippen MR) is 239 cm³/mol. The van der Waals surface area contributed by atoms with Gasteiger partial charge in [0.25, 0.3) is 0 Å². The lowest BCUT2D eigenvalue weighted by Gasteiger charge is -2.19. The number of carbonyl (C=O) groups excluding carboxylic acids is 2. The lowest BCUT2D eigenvalue weighted by molar-refractivity contribution is -0.160. The molecule has 0 aromatic carbocycles. The fraction of sp³-hybridized carbons (Fsp3) is 0.708. The van der Waals surface area contributed by atoms with Crippen LogP contribution in [0.5, 0.6) is 0 Å². The third-order valence-corrected chi connectivity index (χ3v) is 10.4. The molecule has 328 valence electrons. The van der Waals surface area contributed by atoms with E-state index in [1.54, 1.807) is 6.08 Å². The van der Waals surface area contributed by atoms with Gasteiger partial charge in [0.15, 0.2) is 6.10 Å². The maximum atomic E-state index is 12.4. The van der Waals surface area contributed by atoms with Crippen LogP contribution in [-0.4, -0.2) is 43.3 Å². The zero-order chi connectivity index (χ0) is 41.8. The van der Waals surface area contributed by atoms with Gasteiger partial charge in [0, 0.05) is 13.5 Å². The van der Waals surface area contributed by atoms with E-state index < -0.39 is 32.5 Å². The Morgan fingerprint density at radius 1 is 0.526 bits per heavy atom. The standard InChI is InChI=1S/C48H83O8P/c1-4-6-8-10-12-14-16-18-20-21-22-23-24-25-26-27-29-30-32-34-36-38-40-42-47(49)54-44-46(45-55-57(51,52)53-3)56-48(50)43-41-39-37-35-33-31-28-19-17-15-13-11-9-7-5-2/h7,9,13,15,19,21-22,28,33,35,39,41,46H,4-6,8,10-12,14,16-18,20,23-27,29-32,34,36-38,40,42-45H2,1-3H3,(H,51,52)/b9-7-,15-13-,22-21-,28-19-,35-33-,41-39-. The molecule has 0 bridgehead atoms. The van der Waals surface area contributed by atoms with Crippen LogP contribution < -0.4 is 0 Å². The molecule has 0 aliphatic rings. The molecule has 0 aromatic rings. The quantitative estimate of drug-likeness (QED) is 0.0281. The highest BCUT2D eigenvalue weighted by atomic mass is 31.2. The van der Waals surface area contributed by atoms with Gasteiger partial charge in [-0.15, -0.1) is 0 Å². The first-order chi connectivity index (χ1) is 27.8. The van der Waals surface area contributed by atoms with Crippen LogP contribution in [-0.2, 0) is 32.7 Å². The van der Waals surface area contributed by atoms with Gasteiger partial charge in [-0.25, -0.2) is 4.57 Å². The molecule has 0 aromatic heterocycles. The van der Waals surface area contributed by atoms with E-state index in [0.29, 0.717) is 6.42 Å². The minimum Gasteiger partial charge on any atom is -0.462 e. The number of carbonyl (C=O) groups is 2. The lowest BCUT2D eigenvalue weighted by Crippen LogP contribution is -2.29. The molecule has 0 saturated carbocycles. The fourth-order valence-electron chi connectivity index (χ4n) is 6.02. The van der Waals surface area contributed by atoms with Gasteiger partial charge >= 0.3 is 19.8 Å². The Morgan fingerprint density at radius 2 is 0.947 bits per heavy atom. The van der Waals surface area contributed by atoms with Crippen molar-refractivity contribution in [2.75, 3.05) is 20.3 Å². The summed E-state index contributed by atoms with van der Waals surface area (Å²) in [6.07, 6.45) is 55.7. The van der Waals surface area contributed by atoms with Crippen LogP contribution >= 0.6 is 7.82 Å². The molecular formula is C48H83O8P. The highest BCUT2D eigenvalue weighted by Gasteiger charge is 2.24. The van der Waals surface area contributed by atoms with E-state index in [1.807, 2.05) is 12.2 Å². The fourth-order valence-corrected chi connectivity index (χ4v) is 6.48. The number of ether oxygens (including phenoxy) is 2. The zero-order valence-corrected chi connectivity index (χ0v) is 37.4. The minimum atomic E-state index is -4.29. The molecule has 9 heteroatoms. The molecular weight excluding hydrogens is 735 g/mol. The minimum absolute atomic E-state index is 0.0103. The SMILES string of the molecule is CC/C=C\C/C=C\C/C=C\C/C=C\C/C=C\CC(=O)OC(COC(=O)CCCCCCCCCCCCC/C=C\CCCCCCCCCC)COP(=O)(O)OC. The molecule has 0 amide bonds. The lowest BCUT2D eigenvalue weighted by atomic mass is 10.0. The summed E-state index contributed by atoms with van der Waals surface area (Å²) in [5.41, 5.74) is 0. The van der Waals surface area contributed by atoms with Crippen LogP contribution in [0.1, 0.15) is 194 Å². The molecule has 0 spiro atoms. The number of allylic oxidation sites excluding steroid dienone is 11. The van der Waals surface area contributed by atoms with Crippen molar-refractivity contribution in [1.29, 1.82) is 0 Å². The Hall–Kier alpha value is -2.51. The maximum absolute atomic E-state index is 12.4. The molecule has 0 fully saturated rings. The van der Waals surface area contributed by atoms with Gasteiger partial charge in [0.2, 0.25) is 0 Å². The highest BCUT2D eigenvalue weighted by molar-refractivity contribution is 7.47. The summed E-state index contributed by atoms with van der Waals surface area (Å²) < 4.78 is 31.9. The summed E-state index contributed by atoms with van der Waals surface area (Å²) in [6.45, 7) is 3.69. The number of rotatable bonds is 41. The van der Waals surface area contributed by atoms with Crippen LogP contribution in [0.2, 0.25) is 0 Å². The van der Waals surface area contributed by atoms with Crippen LogP contribution in [0.15, 0.2) is 72.9 Å². The van der Waals surface area contributed by atoms with E-state index in [-0.39, 0.29) is 19.4 Å². The Morgan fingerprint density at radius 3 is 1.40 bits per heavy atom. The van der Waals surface area contributed by atoms with Crippen LogP contribution in [0.3, 0.4) is 0 Å². The van der Waals surface area contributed by atoms with Crippen LogP contribution in [0, 0.1) is 0 Å². The molecule has 8 nitrogen and oxygen atoms in total. The van der Waals surface area contributed by atoms with Crippen molar-refractivity contribution in [1.82, 2.24) is 0 Å². The van der Waals surface area contributed by atoms with Gasteiger partial charge < -0.3 is 14.4 Å². The van der Waals surface area contributed by atoms with E-state index in [4.69, 9.17) is 14.0 Å². The van der Waals surface area contributed by atoms with E-state index >= 15 is 0 Å². The van der Waals surface area contributed by atoms with Crippen molar-refractivity contribution in [2.45, 2.75) is 200 Å². The number of esters is 2. The number of unbranched alkanes of at least 4 members (excludes halogenated alkanes) is 19. The van der Waals surface area contributed by atoms with Crippen molar-refractivity contribution < 1.29 is 37.6 Å². The maximum Gasteiger partial charge on any atom is 0.472 e. The predicted octanol–water partition coefficient (Wildman–Crippen LogP) is 14.5. The van der Waals surface area contributed by atoms with E-state index in [9.17, 15) is 19.0 Å². The summed E-state index contributed by atoms with van der Waals surface area (Å²) >= 11 is 0. The number of phosphoric acid groups is 1. The van der Waals surface area contributed by atoms with E-state index in [2.05, 4.69) is 73.1 Å². The molecule has 1 N–H and O–H groups in total. The van der Waals surface area contributed by atoms with Crippen LogP contribution in [0.25, 0.3) is 0 Å². The summed E-state index contributed by atoms with van der Waals surface area (Å²) in [5.74, 6) is -0.953. The summed E-state index contributed by atoms with van der Waals surface area (Å²) in [5, 5.41) is 0. The first-order valence-electron chi connectivity index (χ1n) is 22.6. The molecule has 0 aliphatic heterocycles. The van der Waals surface area contributed by atoms with Crippen molar-refractivity contribution in [2.24, 2.45) is 0 Å². The Bertz CT molecular complexity index is 1160.